The molecule has 2 N–H and O–H groups in total. The van der Waals surface area contributed by atoms with Gasteiger partial charge in [0.2, 0.25) is 5.95 Å². The molecular formula is C24H29ClN6O2. The molecule has 0 bridgehead atoms. The standard InChI is InChI=1S/C24H29ClN6O2/c1-14-8-23(31(29-14)17-2-3-17)28-24-26-11-16-9-19(25)18(10-20(16)27-24)15-4-6-30(7-5-15)21-12-33-13-22(21)32/h8-11,15,17,21-22,32H,2-7,12-13H2,1H3,(H,26,27,28)/t21-,22+/m1/s1. The first-order valence-corrected chi connectivity index (χ1v) is 12.2. The van der Waals surface area contributed by atoms with Crippen LogP contribution in [0.15, 0.2) is 24.4 Å². The highest BCUT2D eigenvalue weighted by atomic mass is 35.5. The van der Waals surface area contributed by atoms with E-state index in [4.69, 9.17) is 21.3 Å². The molecule has 4 heterocycles. The number of nitrogens with one attached hydrogen (secondary N) is 1. The van der Waals surface area contributed by atoms with Crippen LogP contribution in [0.3, 0.4) is 0 Å². The number of piperidine rings is 1. The van der Waals surface area contributed by atoms with E-state index < -0.39 is 0 Å². The summed E-state index contributed by atoms with van der Waals surface area (Å²) < 4.78 is 7.49. The number of rotatable bonds is 5. The summed E-state index contributed by atoms with van der Waals surface area (Å²) in [6, 6.07) is 6.75. The van der Waals surface area contributed by atoms with E-state index in [-0.39, 0.29) is 12.1 Å². The molecule has 1 aromatic carbocycles. The Labute approximate surface area is 197 Å². The number of anilines is 2. The normalized spacial score (nSPS) is 24.6. The summed E-state index contributed by atoms with van der Waals surface area (Å²) in [5.74, 6) is 1.89. The average molecular weight is 469 g/mol. The van der Waals surface area contributed by atoms with Gasteiger partial charge < -0.3 is 15.2 Å². The second-order valence-electron chi connectivity index (χ2n) is 9.58. The zero-order valence-electron chi connectivity index (χ0n) is 18.7. The molecule has 3 aromatic rings. The van der Waals surface area contributed by atoms with Gasteiger partial charge in [-0.3, -0.25) is 4.90 Å². The number of fused-ring (bicyclic) bond motifs is 1. The van der Waals surface area contributed by atoms with Crippen molar-refractivity contribution < 1.29 is 9.84 Å². The predicted octanol–water partition coefficient (Wildman–Crippen LogP) is 3.81. The Bertz CT molecular complexity index is 1170. The van der Waals surface area contributed by atoms with Crippen molar-refractivity contribution in [1.29, 1.82) is 0 Å². The molecule has 2 atom stereocenters. The Morgan fingerprint density at radius 3 is 2.67 bits per heavy atom. The lowest BCUT2D eigenvalue weighted by Gasteiger charge is -2.36. The van der Waals surface area contributed by atoms with Crippen LogP contribution in [0.2, 0.25) is 5.02 Å². The highest BCUT2D eigenvalue weighted by molar-refractivity contribution is 6.32. The summed E-state index contributed by atoms with van der Waals surface area (Å²) in [4.78, 5) is 11.7. The van der Waals surface area contributed by atoms with Crippen molar-refractivity contribution in [2.24, 2.45) is 0 Å². The molecule has 0 unspecified atom stereocenters. The molecule has 9 heteroatoms. The van der Waals surface area contributed by atoms with Crippen LogP contribution in [0.5, 0.6) is 0 Å². The second kappa shape index (κ2) is 8.51. The SMILES string of the molecule is Cc1cc(Nc2ncc3cc(Cl)c(C4CCN([C@@H]5COC[C@@H]5O)CC4)cc3n2)n(C2CC2)n1. The summed E-state index contributed by atoms with van der Waals surface area (Å²) >= 11 is 6.70. The fraction of sp³-hybridized carbons (Fsp3) is 0.542. The Morgan fingerprint density at radius 1 is 1.12 bits per heavy atom. The average Bonchev–Trinajstić information content (AvgIpc) is 3.46. The molecule has 0 radical (unpaired) electrons. The van der Waals surface area contributed by atoms with E-state index in [2.05, 4.69) is 31.0 Å². The number of aliphatic hydroxyl groups excluding tert-OH is 1. The maximum atomic E-state index is 10.2. The Kier molecular flexibility index (Phi) is 5.49. The molecule has 0 amide bonds. The number of hydrogen-bond donors (Lipinski definition) is 2. The first-order chi connectivity index (χ1) is 16.0. The first-order valence-electron chi connectivity index (χ1n) is 11.8. The Hall–Kier alpha value is -2.26. The molecule has 6 rings (SSSR count). The topological polar surface area (TPSA) is 88.3 Å². The lowest BCUT2D eigenvalue weighted by molar-refractivity contribution is 0.0663. The van der Waals surface area contributed by atoms with Crippen LogP contribution in [0.25, 0.3) is 10.9 Å². The molecular weight excluding hydrogens is 440 g/mol. The fourth-order valence-electron chi connectivity index (χ4n) is 5.18. The predicted molar refractivity (Wildman–Crippen MR) is 127 cm³/mol. The quantitative estimate of drug-likeness (QED) is 0.588. The number of aliphatic hydroxyl groups is 1. The molecule has 3 fully saturated rings. The van der Waals surface area contributed by atoms with Gasteiger partial charge in [0.1, 0.15) is 5.82 Å². The number of hydrogen-bond acceptors (Lipinski definition) is 7. The number of ether oxygens (including phenoxy) is 1. The molecule has 2 saturated heterocycles. The lowest BCUT2D eigenvalue weighted by Crippen LogP contribution is -2.46. The Balaban J connectivity index is 1.22. The lowest BCUT2D eigenvalue weighted by atomic mass is 9.88. The van der Waals surface area contributed by atoms with Crippen molar-refractivity contribution in [1.82, 2.24) is 24.6 Å². The minimum absolute atomic E-state index is 0.118. The molecule has 174 valence electrons. The maximum Gasteiger partial charge on any atom is 0.228 e. The summed E-state index contributed by atoms with van der Waals surface area (Å²) in [6.07, 6.45) is 5.79. The van der Waals surface area contributed by atoms with Gasteiger partial charge >= 0.3 is 0 Å². The molecule has 8 nitrogen and oxygen atoms in total. The zero-order chi connectivity index (χ0) is 22.5. The van der Waals surface area contributed by atoms with Gasteiger partial charge in [-0.1, -0.05) is 11.6 Å². The summed E-state index contributed by atoms with van der Waals surface area (Å²) in [6.45, 7) is 4.94. The van der Waals surface area contributed by atoms with Crippen LogP contribution in [-0.2, 0) is 4.74 Å². The van der Waals surface area contributed by atoms with E-state index in [1.54, 1.807) is 0 Å². The second-order valence-corrected chi connectivity index (χ2v) is 9.99. The molecule has 33 heavy (non-hydrogen) atoms. The van der Waals surface area contributed by atoms with Gasteiger partial charge in [-0.05, 0) is 69.3 Å². The van der Waals surface area contributed by atoms with E-state index >= 15 is 0 Å². The number of halogens is 1. The monoisotopic (exact) mass is 468 g/mol. The van der Waals surface area contributed by atoms with Gasteiger partial charge in [-0.15, -0.1) is 0 Å². The van der Waals surface area contributed by atoms with Gasteiger partial charge in [0.05, 0.1) is 42.6 Å². The third-order valence-electron chi connectivity index (χ3n) is 7.15. The van der Waals surface area contributed by atoms with Crippen molar-refractivity contribution in [3.8, 4) is 0 Å². The van der Waals surface area contributed by atoms with Gasteiger partial charge in [0, 0.05) is 22.7 Å². The molecule has 1 aliphatic carbocycles. The van der Waals surface area contributed by atoms with E-state index in [0.29, 0.717) is 31.1 Å². The van der Waals surface area contributed by atoms with Crippen LogP contribution < -0.4 is 5.32 Å². The van der Waals surface area contributed by atoms with Gasteiger partial charge in [-0.2, -0.15) is 5.10 Å². The highest BCUT2D eigenvalue weighted by Crippen LogP contribution is 2.38. The van der Waals surface area contributed by atoms with Gasteiger partial charge in [-0.25, -0.2) is 14.6 Å². The van der Waals surface area contributed by atoms with Crippen molar-refractivity contribution in [2.75, 3.05) is 31.6 Å². The zero-order valence-corrected chi connectivity index (χ0v) is 19.5. The van der Waals surface area contributed by atoms with Crippen LogP contribution in [-0.4, -0.2) is 68.2 Å². The van der Waals surface area contributed by atoms with Crippen LogP contribution in [0.1, 0.15) is 48.9 Å². The van der Waals surface area contributed by atoms with Crippen molar-refractivity contribution in [2.45, 2.75) is 56.7 Å². The molecule has 0 spiro atoms. The molecule has 2 aromatic heterocycles. The van der Waals surface area contributed by atoms with Crippen LogP contribution in [0.4, 0.5) is 11.8 Å². The van der Waals surface area contributed by atoms with Gasteiger partial charge in [0.25, 0.3) is 0 Å². The highest BCUT2D eigenvalue weighted by Gasteiger charge is 2.34. The number of aromatic nitrogens is 4. The number of benzene rings is 1. The number of aryl methyl sites for hydroxylation is 1. The minimum atomic E-state index is -0.381. The summed E-state index contributed by atoms with van der Waals surface area (Å²) in [5.41, 5.74) is 3.03. The summed E-state index contributed by atoms with van der Waals surface area (Å²) in [5, 5.41) is 19.8. The van der Waals surface area contributed by atoms with E-state index in [1.807, 2.05) is 25.3 Å². The van der Waals surface area contributed by atoms with Crippen molar-refractivity contribution >= 4 is 34.3 Å². The maximum absolute atomic E-state index is 10.2. The summed E-state index contributed by atoms with van der Waals surface area (Å²) in [7, 11) is 0. The molecule has 2 aliphatic heterocycles. The number of likely N-dealkylation sites (tertiary alicyclic amines) is 1. The van der Waals surface area contributed by atoms with Crippen molar-refractivity contribution in [3.63, 3.8) is 0 Å². The number of nitrogens with zero attached hydrogens (tertiary/aromatic N) is 5. The largest absolute Gasteiger partial charge is 0.389 e. The third kappa shape index (κ3) is 4.21. The first kappa shape index (κ1) is 21.3. The van der Waals surface area contributed by atoms with Crippen molar-refractivity contribution in [3.05, 3.63) is 40.7 Å². The Morgan fingerprint density at radius 2 is 1.94 bits per heavy atom. The third-order valence-corrected chi connectivity index (χ3v) is 7.48. The molecule has 3 aliphatic rings. The smallest absolute Gasteiger partial charge is 0.228 e. The fourth-order valence-corrected chi connectivity index (χ4v) is 5.51. The van der Waals surface area contributed by atoms with E-state index in [9.17, 15) is 5.11 Å². The molecule has 1 saturated carbocycles. The van der Waals surface area contributed by atoms with E-state index in [0.717, 1.165) is 58.9 Å². The minimum Gasteiger partial charge on any atom is -0.389 e. The van der Waals surface area contributed by atoms with E-state index in [1.165, 1.54) is 12.8 Å². The van der Waals surface area contributed by atoms with Gasteiger partial charge in [0.15, 0.2) is 0 Å². The van der Waals surface area contributed by atoms with Crippen LogP contribution in [0, 0.1) is 6.92 Å². The van der Waals surface area contributed by atoms with Crippen LogP contribution >= 0.6 is 11.6 Å².